The van der Waals surface area contributed by atoms with Gasteiger partial charge in [-0.1, -0.05) is 15.9 Å². The molecule has 0 aliphatic carbocycles. The van der Waals surface area contributed by atoms with Crippen LogP contribution in [0.4, 0.5) is 11.4 Å². The van der Waals surface area contributed by atoms with Gasteiger partial charge in [0.25, 0.3) is 11.6 Å². The number of benzene rings is 2. The Hall–Kier alpha value is -3.07. The van der Waals surface area contributed by atoms with Gasteiger partial charge in [-0.25, -0.2) is 0 Å². The maximum atomic E-state index is 12.1. The predicted octanol–water partition coefficient (Wildman–Crippen LogP) is 4.48. The Morgan fingerprint density at radius 3 is 2.56 bits per heavy atom. The molecule has 1 N–H and O–H groups in total. The van der Waals surface area contributed by atoms with Crippen LogP contribution in [0.3, 0.4) is 0 Å². The van der Waals surface area contributed by atoms with E-state index < -0.39 is 10.8 Å². The smallest absolute Gasteiger partial charge is 0.295 e. The molecule has 0 bridgehead atoms. The first kappa shape index (κ1) is 16.8. The maximum absolute atomic E-state index is 12.1. The number of nitro groups is 1. The molecule has 1 heterocycles. The number of nitrogens with zero attached hydrogens (tertiary/aromatic N) is 4. The number of fused-ring (bicyclic) bond motifs is 1. The van der Waals surface area contributed by atoms with Crippen LogP contribution in [0.15, 0.2) is 57.2 Å². The second-order valence-corrected chi connectivity index (χ2v) is 6.12. The molecular formula is C16H11BrN4O4. The molecule has 0 aliphatic heterocycles. The summed E-state index contributed by atoms with van der Waals surface area (Å²) in [6.45, 7) is 0. The molecule has 0 spiro atoms. The van der Waals surface area contributed by atoms with Gasteiger partial charge in [-0.3, -0.25) is 14.9 Å². The van der Waals surface area contributed by atoms with Crippen molar-refractivity contribution in [3.8, 4) is 5.88 Å². The lowest BCUT2D eigenvalue weighted by Gasteiger charge is -1.96. The van der Waals surface area contributed by atoms with Gasteiger partial charge < -0.3 is 9.67 Å². The summed E-state index contributed by atoms with van der Waals surface area (Å²) in [5.74, 6) is -0.822. The van der Waals surface area contributed by atoms with Gasteiger partial charge in [0.15, 0.2) is 5.69 Å². The predicted molar refractivity (Wildman–Crippen MR) is 94.2 cm³/mol. The van der Waals surface area contributed by atoms with E-state index in [1.165, 1.54) is 22.8 Å². The highest BCUT2D eigenvalue weighted by atomic mass is 79.9. The number of amides is 1. The summed E-state index contributed by atoms with van der Waals surface area (Å²) in [6.07, 6.45) is 0. The van der Waals surface area contributed by atoms with Crippen LogP contribution < -0.4 is 0 Å². The molecule has 0 radical (unpaired) electrons. The van der Waals surface area contributed by atoms with Crippen LogP contribution in [-0.4, -0.2) is 20.5 Å². The highest BCUT2D eigenvalue weighted by Crippen LogP contribution is 2.39. The number of aromatic hydroxyl groups is 1. The van der Waals surface area contributed by atoms with Crippen molar-refractivity contribution in [2.24, 2.45) is 17.3 Å². The fraction of sp³-hybridized carbons (Fsp3) is 0.0625. The van der Waals surface area contributed by atoms with E-state index in [1.54, 1.807) is 31.3 Å². The molecule has 1 amide bonds. The summed E-state index contributed by atoms with van der Waals surface area (Å²) in [5, 5.41) is 28.9. The number of hydrogen-bond donors (Lipinski definition) is 1. The van der Waals surface area contributed by atoms with Crippen LogP contribution in [-0.2, 0) is 7.05 Å². The van der Waals surface area contributed by atoms with Gasteiger partial charge in [0.05, 0.1) is 10.4 Å². The molecular weight excluding hydrogens is 392 g/mol. The Kier molecular flexibility index (Phi) is 4.32. The average Bonchev–Trinajstić information content (AvgIpc) is 2.84. The number of azo groups is 1. The van der Waals surface area contributed by atoms with Crippen molar-refractivity contribution in [2.45, 2.75) is 0 Å². The van der Waals surface area contributed by atoms with E-state index in [0.29, 0.717) is 16.5 Å². The van der Waals surface area contributed by atoms with Crippen molar-refractivity contribution in [3.05, 3.63) is 62.6 Å². The van der Waals surface area contributed by atoms with Crippen LogP contribution >= 0.6 is 15.9 Å². The molecule has 2 aromatic carbocycles. The quantitative estimate of drug-likeness (QED) is 0.395. The van der Waals surface area contributed by atoms with Crippen molar-refractivity contribution in [1.29, 1.82) is 0 Å². The monoisotopic (exact) mass is 402 g/mol. The number of hydrogen-bond acceptors (Lipinski definition) is 5. The zero-order valence-corrected chi connectivity index (χ0v) is 14.5. The summed E-state index contributed by atoms with van der Waals surface area (Å²) in [6, 6.07) is 10.7. The summed E-state index contributed by atoms with van der Waals surface area (Å²) in [5.41, 5.74) is 0.728. The average molecular weight is 403 g/mol. The standard InChI is InChI=1S/C16H11BrN4O4/c1-20-13-7-6-11(21(24)25)8-12(13)14(16(20)23)18-19-15(22)9-2-4-10(17)5-3-9/h2-8,23H,1H3. The number of aryl methyl sites for hydroxylation is 1. The molecule has 126 valence electrons. The third kappa shape index (κ3) is 3.13. The fourth-order valence-corrected chi connectivity index (χ4v) is 2.62. The van der Waals surface area contributed by atoms with Gasteiger partial charge >= 0.3 is 0 Å². The highest BCUT2D eigenvalue weighted by molar-refractivity contribution is 9.10. The van der Waals surface area contributed by atoms with E-state index >= 15 is 0 Å². The zero-order chi connectivity index (χ0) is 18.1. The molecule has 0 unspecified atom stereocenters. The topological polar surface area (TPSA) is 110 Å². The Morgan fingerprint density at radius 1 is 1.24 bits per heavy atom. The van der Waals surface area contributed by atoms with E-state index in [4.69, 9.17) is 0 Å². The number of carbonyl (C=O) groups is 1. The SMILES string of the molecule is Cn1c(O)c(N=NC(=O)c2ccc(Br)cc2)c2cc([N+](=O)[O-])ccc21. The zero-order valence-electron chi connectivity index (χ0n) is 12.9. The molecule has 3 rings (SSSR count). The first-order valence-corrected chi connectivity index (χ1v) is 7.85. The molecule has 3 aromatic rings. The lowest BCUT2D eigenvalue weighted by Crippen LogP contribution is -1.92. The maximum Gasteiger partial charge on any atom is 0.295 e. The molecule has 1 aromatic heterocycles. The van der Waals surface area contributed by atoms with E-state index in [9.17, 15) is 20.0 Å². The Balaban J connectivity index is 2.04. The summed E-state index contributed by atoms with van der Waals surface area (Å²) < 4.78 is 2.23. The fourth-order valence-electron chi connectivity index (χ4n) is 2.36. The van der Waals surface area contributed by atoms with Crippen LogP contribution in [0.25, 0.3) is 10.9 Å². The van der Waals surface area contributed by atoms with Crippen LogP contribution in [0.5, 0.6) is 5.88 Å². The number of non-ortho nitro benzene ring substituents is 1. The molecule has 0 aliphatic rings. The van der Waals surface area contributed by atoms with Gasteiger partial charge in [0.1, 0.15) is 0 Å². The van der Waals surface area contributed by atoms with Crippen molar-refractivity contribution < 1.29 is 14.8 Å². The highest BCUT2D eigenvalue weighted by Gasteiger charge is 2.18. The minimum Gasteiger partial charge on any atom is -0.493 e. The number of carbonyl (C=O) groups excluding carboxylic acids is 1. The van der Waals surface area contributed by atoms with Gasteiger partial charge in [-0.15, -0.1) is 10.2 Å². The number of halogens is 1. The molecule has 9 heteroatoms. The molecule has 0 fully saturated rings. The second kappa shape index (κ2) is 6.44. The van der Waals surface area contributed by atoms with Crippen molar-refractivity contribution in [3.63, 3.8) is 0 Å². The van der Waals surface area contributed by atoms with Crippen molar-refractivity contribution >= 4 is 44.1 Å². The largest absolute Gasteiger partial charge is 0.493 e. The number of aromatic nitrogens is 1. The van der Waals surface area contributed by atoms with Crippen molar-refractivity contribution in [1.82, 2.24) is 4.57 Å². The van der Waals surface area contributed by atoms with Crippen LogP contribution in [0.1, 0.15) is 10.4 Å². The Labute approximate surface area is 149 Å². The first-order valence-electron chi connectivity index (χ1n) is 7.06. The minimum absolute atomic E-state index is 0.00617. The molecule has 8 nitrogen and oxygen atoms in total. The summed E-state index contributed by atoms with van der Waals surface area (Å²) >= 11 is 3.27. The number of nitro benzene ring substituents is 1. The lowest BCUT2D eigenvalue weighted by molar-refractivity contribution is -0.384. The third-order valence-corrected chi connectivity index (χ3v) is 4.20. The summed E-state index contributed by atoms with van der Waals surface area (Å²) in [4.78, 5) is 22.5. The van der Waals surface area contributed by atoms with Crippen LogP contribution in [0.2, 0.25) is 0 Å². The van der Waals surface area contributed by atoms with Crippen LogP contribution in [0, 0.1) is 10.1 Å². The lowest BCUT2D eigenvalue weighted by atomic mass is 10.2. The van der Waals surface area contributed by atoms with Gasteiger partial charge in [0, 0.05) is 34.6 Å². The van der Waals surface area contributed by atoms with Gasteiger partial charge in [-0.2, -0.15) is 0 Å². The Morgan fingerprint density at radius 2 is 1.92 bits per heavy atom. The summed E-state index contributed by atoms with van der Waals surface area (Å²) in [7, 11) is 1.58. The number of rotatable bonds is 3. The van der Waals surface area contributed by atoms with E-state index in [0.717, 1.165) is 4.47 Å². The molecule has 0 atom stereocenters. The normalized spacial score (nSPS) is 11.3. The first-order chi connectivity index (χ1) is 11.9. The van der Waals surface area contributed by atoms with E-state index in [1.807, 2.05) is 0 Å². The second-order valence-electron chi connectivity index (χ2n) is 5.20. The van der Waals surface area contributed by atoms with Gasteiger partial charge in [-0.05, 0) is 30.3 Å². The van der Waals surface area contributed by atoms with E-state index in [2.05, 4.69) is 26.2 Å². The molecule has 25 heavy (non-hydrogen) atoms. The molecule has 0 saturated carbocycles. The molecule has 0 saturated heterocycles. The van der Waals surface area contributed by atoms with Crippen molar-refractivity contribution in [2.75, 3.05) is 0 Å². The Bertz CT molecular complexity index is 1020. The third-order valence-electron chi connectivity index (χ3n) is 3.67. The minimum atomic E-state index is -0.589. The van der Waals surface area contributed by atoms with Gasteiger partial charge in [0.2, 0.25) is 5.88 Å². The van der Waals surface area contributed by atoms with E-state index in [-0.39, 0.29) is 17.3 Å².